The van der Waals surface area contributed by atoms with Gasteiger partial charge in [-0.15, -0.1) is 0 Å². The number of hydrogen-bond donors (Lipinski definition) is 1. The Balaban J connectivity index is 2.52. The largest absolute Gasteiger partial charge is 0.481 e. The summed E-state index contributed by atoms with van der Waals surface area (Å²) in [6.45, 7) is 1.86. The number of aryl methyl sites for hydroxylation is 1. The topological polar surface area (TPSA) is 64.4 Å². The zero-order valence-corrected chi connectivity index (χ0v) is 10.3. The number of benzene rings is 1. The summed E-state index contributed by atoms with van der Waals surface area (Å²) >= 11 is 0. The van der Waals surface area contributed by atoms with E-state index in [1.807, 2.05) is 25.1 Å². The quantitative estimate of drug-likeness (QED) is 0.893. The van der Waals surface area contributed by atoms with Crippen LogP contribution < -0.4 is 4.74 Å². The summed E-state index contributed by atoms with van der Waals surface area (Å²) in [5.74, 6) is -0.282. The van der Waals surface area contributed by atoms with Crippen LogP contribution in [0.4, 0.5) is 0 Å². The molecule has 0 aliphatic carbocycles. The third-order valence-electron chi connectivity index (χ3n) is 2.57. The molecule has 1 N–H and O–H groups in total. The number of nitrogens with zero attached hydrogens (tertiary/aromatic N) is 2. The maximum absolute atomic E-state index is 10.9. The molecule has 1 heterocycles. The highest BCUT2D eigenvalue weighted by Gasteiger charge is 2.13. The van der Waals surface area contributed by atoms with Crippen molar-refractivity contribution >= 4 is 5.97 Å². The van der Waals surface area contributed by atoms with E-state index in [0.29, 0.717) is 11.4 Å². The molecule has 1 aromatic carbocycles. The average Bonchev–Trinajstić information content (AvgIpc) is 2.70. The maximum atomic E-state index is 10.9. The minimum atomic E-state index is -0.870. The number of aromatic nitrogens is 2. The number of aliphatic carboxylic acids is 1. The number of para-hydroxylation sites is 1. The van der Waals surface area contributed by atoms with Crippen LogP contribution in [0.1, 0.15) is 11.3 Å². The third kappa shape index (κ3) is 2.34. The van der Waals surface area contributed by atoms with Gasteiger partial charge in [-0.05, 0) is 18.6 Å². The van der Waals surface area contributed by atoms with Gasteiger partial charge in [-0.3, -0.25) is 4.79 Å². The number of carboxylic acid groups (broad SMARTS) is 1. The van der Waals surface area contributed by atoms with Crippen LogP contribution in [0.2, 0.25) is 0 Å². The molecule has 1 aromatic heterocycles. The standard InChI is InChI=1S/C13H14N2O3/c1-9-7-12(18-2)15(14-9)11-6-4-3-5-10(11)8-13(16)17/h3-7H,8H2,1-2H3,(H,16,17). The third-order valence-corrected chi connectivity index (χ3v) is 2.57. The van der Waals surface area contributed by atoms with E-state index in [-0.39, 0.29) is 6.42 Å². The average molecular weight is 246 g/mol. The van der Waals surface area contributed by atoms with Crippen LogP contribution in [-0.4, -0.2) is 28.0 Å². The van der Waals surface area contributed by atoms with Crippen LogP contribution in [-0.2, 0) is 11.2 Å². The second kappa shape index (κ2) is 4.91. The van der Waals surface area contributed by atoms with E-state index in [9.17, 15) is 4.79 Å². The number of carbonyl (C=O) groups is 1. The van der Waals surface area contributed by atoms with Crippen molar-refractivity contribution in [1.29, 1.82) is 0 Å². The molecule has 0 bridgehead atoms. The number of methoxy groups -OCH3 is 1. The first-order chi connectivity index (χ1) is 8.61. The van der Waals surface area contributed by atoms with Crippen molar-refractivity contribution in [3.05, 3.63) is 41.6 Å². The monoisotopic (exact) mass is 246 g/mol. The van der Waals surface area contributed by atoms with E-state index in [0.717, 1.165) is 11.4 Å². The molecule has 0 amide bonds. The second-order valence-electron chi connectivity index (χ2n) is 3.94. The Morgan fingerprint density at radius 2 is 2.17 bits per heavy atom. The summed E-state index contributed by atoms with van der Waals surface area (Å²) < 4.78 is 6.85. The van der Waals surface area contributed by atoms with E-state index in [1.54, 1.807) is 23.9 Å². The van der Waals surface area contributed by atoms with Gasteiger partial charge in [0.15, 0.2) is 0 Å². The first kappa shape index (κ1) is 12.2. The molecule has 5 heteroatoms. The zero-order chi connectivity index (χ0) is 13.1. The number of ether oxygens (including phenoxy) is 1. The van der Waals surface area contributed by atoms with Gasteiger partial charge in [0.25, 0.3) is 0 Å². The molecule has 2 rings (SSSR count). The Labute approximate surface area is 105 Å². The summed E-state index contributed by atoms with van der Waals surface area (Å²) in [7, 11) is 1.56. The zero-order valence-electron chi connectivity index (χ0n) is 10.3. The van der Waals surface area contributed by atoms with Crippen LogP contribution in [0.15, 0.2) is 30.3 Å². The Kier molecular flexibility index (Phi) is 3.32. The number of hydrogen-bond acceptors (Lipinski definition) is 3. The molecule has 0 saturated carbocycles. The van der Waals surface area contributed by atoms with Crippen LogP contribution >= 0.6 is 0 Å². The van der Waals surface area contributed by atoms with Crippen molar-refractivity contribution in [2.45, 2.75) is 13.3 Å². The van der Waals surface area contributed by atoms with Crippen LogP contribution in [0.5, 0.6) is 5.88 Å². The van der Waals surface area contributed by atoms with Crippen molar-refractivity contribution in [2.75, 3.05) is 7.11 Å². The first-order valence-electron chi connectivity index (χ1n) is 5.52. The van der Waals surface area contributed by atoms with Crippen LogP contribution in [0, 0.1) is 6.92 Å². The van der Waals surface area contributed by atoms with Gasteiger partial charge in [-0.2, -0.15) is 5.10 Å². The molecule has 2 aromatic rings. The molecule has 5 nitrogen and oxygen atoms in total. The van der Waals surface area contributed by atoms with Crippen LogP contribution in [0.3, 0.4) is 0 Å². The molecule has 0 atom stereocenters. The minimum Gasteiger partial charge on any atom is -0.481 e. The summed E-state index contributed by atoms with van der Waals surface area (Å²) in [6, 6.07) is 9.06. The number of rotatable bonds is 4. The molecule has 94 valence electrons. The van der Waals surface area contributed by atoms with Gasteiger partial charge in [-0.25, -0.2) is 4.68 Å². The lowest BCUT2D eigenvalue weighted by atomic mass is 10.1. The first-order valence-corrected chi connectivity index (χ1v) is 5.52. The maximum Gasteiger partial charge on any atom is 0.307 e. The predicted octanol–water partition coefficient (Wildman–Crippen LogP) is 1.82. The summed E-state index contributed by atoms with van der Waals surface area (Å²) in [4.78, 5) is 10.9. The predicted molar refractivity (Wildman–Crippen MR) is 66.2 cm³/mol. The lowest BCUT2D eigenvalue weighted by Crippen LogP contribution is -2.07. The summed E-state index contributed by atoms with van der Waals surface area (Å²) in [5.41, 5.74) is 2.24. The Hall–Kier alpha value is -2.30. The molecule has 0 aliphatic heterocycles. The fourth-order valence-corrected chi connectivity index (χ4v) is 1.82. The molecular formula is C13H14N2O3. The molecule has 0 aliphatic rings. The summed E-state index contributed by atoms with van der Waals surface area (Å²) in [5, 5.41) is 13.2. The van der Waals surface area contributed by atoms with Crippen molar-refractivity contribution < 1.29 is 14.6 Å². The molecule has 18 heavy (non-hydrogen) atoms. The minimum absolute atomic E-state index is 0.0434. The molecule has 0 unspecified atom stereocenters. The number of carboxylic acids is 1. The van der Waals surface area contributed by atoms with Crippen molar-refractivity contribution in [1.82, 2.24) is 9.78 Å². The van der Waals surface area contributed by atoms with E-state index in [1.165, 1.54) is 0 Å². The Morgan fingerprint density at radius 1 is 1.44 bits per heavy atom. The van der Waals surface area contributed by atoms with Gasteiger partial charge in [0.2, 0.25) is 5.88 Å². The van der Waals surface area contributed by atoms with Gasteiger partial charge in [0.1, 0.15) is 0 Å². The van der Waals surface area contributed by atoms with Crippen LogP contribution in [0.25, 0.3) is 5.69 Å². The summed E-state index contributed by atoms with van der Waals surface area (Å²) in [6.07, 6.45) is -0.0434. The van der Waals surface area contributed by atoms with Crippen molar-refractivity contribution in [3.63, 3.8) is 0 Å². The van der Waals surface area contributed by atoms with Gasteiger partial charge in [-0.1, -0.05) is 18.2 Å². The highest BCUT2D eigenvalue weighted by Crippen LogP contribution is 2.22. The van der Waals surface area contributed by atoms with Gasteiger partial charge in [0.05, 0.1) is 24.9 Å². The normalized spacial score (nSPS) is 10.3. The fraction of sp³-hybridized carbons (Fsp3) is 0.231. The fourth-order valence-electron chi connectivity index (χ4n) is 1.82. The highest BCUT2D eigenvalue weighted by molar-refractivity contribution is 5.72. The van der Waals surface area contributed by atoms with E-state index < -0.39 is 5.97 Å². The van der Waals surface area contributed by atoms with Gasteiger partial charge >= 0.3 is 5.97 Å². The Bertz CT molecular complexity index is 575. The molecule has 0 radical (unpaired) electrons. The lowest BCUT2D eigenvalue weighted by molar-refractivity contribution is -0.136. The molecule has 0 fully saturated rings. The lowest BCUT2D eigenvalue weighted by Gasteiger charge is -2.10. The molecular weight excluding hydrogens is 232 g/mol. The Morgan fingerprint density at radius 3 is 2.83 bits per heavy atom. The van der Waals surface area contributed by atoms with Crippen molar-refractivity contribution in [3.8, 4) is 11.6 Å². The highest BCUT2D eigenvalue weighted by atomic mass is 16.5. The van der Waals surface area contributed by atoms with Gasteiger partial charge in [0, 0.05) is 6.07 Å². The van der Waals surface area contributed by atoms with Gasteiger partial charge < -0.3 is 9.84 Å². The molecule has 0 spiro atoms. The smallest absolute Gasteiger partial charge is 0.307 e. The second-order valence-corrected chi connectivity index (χ2v) is 3.94. The SMILES string of the molecule is COc1cc(C)nn1-c1ccccc1CC(=O)O. The molecule has 0 saturated heterocycles. The van der Waals surface area contributed by atoms with E-state index in [4.69, 9.17) is 9.84 Å². The van der Waals surface area contributed by atoms with E-state index in [2.05, 4.69) is 5.10 Å². The van der Waals surface area contributed by atoms with E-state index >= 15 is 0 Å². The van der Waals surface area contributed by atoms with Crippen molar-refractivity contribution in [2.24, 2.45) is 0 Å².